The molecule has 0 atom stereocenters. The highest BCUT2D eigenvalue weighted by Crippen LogP contribution is 2.40. The normalized spacial score (nSPS) is 17.7. The Kier molecular flexibility index (Phi) is 7.89. The van der Waals surface area contributed by atoms with E-state index < -0.39 is 74.7 Å². The Labute approximate surface area is 229 Å². The molecule has 0 aliphatic carbocycles. The van der Waals surface area contributed by atoms with Crippen molar-refractivity contribution in [3.63, 3.8) is 0 Å². The van der Waals surface area contributed by atoms with E-state index in [9.17, 15) is 55.2 Å². The minimum Gasteiger partial charge on any atom is -0.344 e. The molecule has 224 valence electrons. The van der Waals surface area contributed by atoms with Crippen LogP contribution in [0.4, 0.5) is 41.6 Å². The van der Waals surface area contributed by atoms with Crippen molar-refractivity contribution in [3.05, 3.63) is 38.2 Å². The molecule has 41 heavy (non-hydrogen) atoms. The topological polar surface area (TPSA) is 120 Å². The van der Waals surface area contributed by atoms with Gasteiger partial charge in [-0.05, 0) is 13.1 Å². The van der Waals surface area contributed by atoms with E-state index in [1.807, 2.05) is 0 Å². The number of aromatic nitrogens is 1. The second kappa shape index (κ2) is 10.7. The Morgan fingerprint density at radius 1 is 0.878 bits per heavy atom. The van der Waals surface area contributed by atoms with Gasteiger partial charge in [-0.15, -0.1) is 0 Å². The number of rotatable bonds is 5. The molecular weight excluding hydrogens is 593 g/mol. The van der Waals surface area contributed by atoms with E-state index in [4.69, 9.17) is 0 Å². The van der Waals surface area contributed by atoms with Gasteiger partial charge in [0.2, 0.25) is 0 Å². The average Bonchev–Trinajstić information content (AvgIpc) is 2.91. The molecule has 0 radical (unpaired) electrons. The van der Waals surface area contributed by atoms with Gasteiger partial charge in [0.25, 0.3) is 23.1 Å². The summed E-state index contributed by atoms with van der Waals surface area (Å²) < 4.78 is 97.8. The van der Waals surface area contributed by atoms with Crippen LogP contribution in [0, 0.1) is 10.1 Å². The predicted molar refractivity (Wildman–Crippen MR) is 130 cm³/mol. The zero-order valence-electron chi connectivity index (χ0n) is 21.1. The molecular formula is C22H21F7N6O5S. The molecule has 0 bridgehead atoms. The van der Waals surface area contributed by atoms with Crippen molar-refractivity contribution in [2.45, 2.75) is 18.0 Å². The number of benzene rings is 1. The summed E-state index contributed by atoms with van der Waals surface area (Å²) in [5.41, 5.74) is -3.64. The monoisotopic (exact) mass is 614 g/mol. The van der Waals surface area contributed by atoms with Gasteiger partial charge in [0, 0.05) is 58.4 Å². The van der Waals surface area contributed by atoms with Crippen LogP contribution in [0.3, 0.4) is 0 Å². The molecule has 1 aromatic heterocycles. The van der Waals surface area contributed by atoms with Crippen LogP contribution in [0.15, 0.2) is 16.9 Å². The van der Waals surface area contributed by atoms with Crippen LogP contribution in [-0.2, 0) is 15.8 Å². The van der Waals surface area contributed by atoms with Gasteiger partial charge in [-0.3, -0.25) is 24.5 Å². The first kappa shape index (κ1) is 30.4. The number of halogens is 7. The summed E-state index contributed by atoms with van der Waals surface area (Å²) in [5, 5.41) is 10.6. The number of non-ortho nitro benzene ring substituents is 1. The van der Waals surface area contributed by atoms with Crippen LogP contribution in [0.25, 0.3) is 10.1 Å². The largest absolute Gasteiger partial charge is 0.416 e. The molecule has 2 aliphatic rings. The third kappa shape index (κ3) is 5.64. The standard InChI is InChI=1S/C22H21F7N6O5S/c1-31-2-4-32(5-3-31)17(37)20(23,24)21(25,26)18(38)33-6-8-34(9-7-33)19-30-16(36)13-10-12(22(27,28)29)11-14(35(39)40)15(13)41-19/h10-11H,2-9H2,1H3. The Morgan fingerprint density at radius 3 is 1.83 bits per heavy atom. The van der Waals surface area contributed by atoms with Gasteiger partial charge in [-0.1, -0.05) is 11.3 Å². The molecule has 2 amide bonds. The van der Waals surface area contributed by atoms with Crippen molar-refractivity contribution in [2.75, 3.05) is 64.3 Å². The van der Waals surface area contributed by atoms with Crippen LogP contribution in [0.1, 0.15) is 5.56 Å². The van der Waals surface area contributed by atoms with Crippen molar-refractivity contribution in [1.82, 2.24) is 19.7 Å². The summed E-state index contributed by atoms with van der Waals surface area (Å²) >= 11 is 0.502. The van der Waals surface area contributed by atoms with E-state index in [2.05, 4.69) is 4.98 Å². The number of likely N-dealkylation sites (N-methyl/N-ethyl adjacent to an activating group) is 1. The lowest BCUT2D eigenvalue weighted by Gasteiger charge is -2.39. The number of nitro groups is 1. The first-order valence-corrected chi connectivity index (χ1v) is 12.7. The fraction of sp³-hybridized carbons (Fsp3) is 0.545. The van der Waals surface area contributed by atoms with Gasteiger partial charge in [0.05, 0.1) is 15.9 Å². The predicted octanol–water partition coefficient (Wildman–Crippen LogP) is 2.28. The van der Waals surface area contributed by atoms with Crippen LogP contribution >= 0.6 is 11.3 Å². The highest BCUT2D eigenvalue weighted by Gasteiger charge is 2.68. The molecule has 2 aromatic rings. The molecule has 0 spiro atoms. The van der Waals surface area contributed by atoms with Gasteiger partial charge in [-0.25, -0.2) is 0 Å². The number of hydrogen-bond acceptors (Lipinski definition) is 9. The van der Waals surface area contributed by atoms with Crippen molar-refractivity contribution in [1.29, 1.82) is 0 Å². The number of nitro benzene ring substituents is 1. The summed E-state index contributed by atoms with van der Waals surface area (Å²) in [6.07, 6.45) is -4.98. The van der Waals surface area contributed by atoms with Crippen molar-refractivity contribution < 1.29 is 45.2 Å². The zero-order chi connectivity index (χ0) is 30.5. The van der Waals surface area contributed by atoms with Gasteiger partial charge in [-0.2, -0.15) is 35.7 Å². The van der Waals surface area contributed by atoms with Gasteiger partial charge < -0.3 is 19.6 Å². The molecule has 2 aliphatic heterocycles. The van der Waals surface area contributed by atoms with Gasteiger partial charge >= 0.3 is 18.0 Å². The van der Waals surface area contributed by atoms with E-state index in [1.165, 1.54) is 4.90 Å². The summed E-state index contributed by atoms with van der Waals surface area (Å²) in [4.78, 5) is 55.2. The minimum atomic E-state index is -5.36. The minimum absolute atomic E-state index is 0.185. The number of nitrogens with zero attached hydrogens (tertiary/aromatic N) is 6. The maximum atomic E-state index is 14.7. The first-order chi connectivity index (χ1) is 18.9. The lowest BCUT2D eigenvalue weighted by Crippen LogP contribution is -2.64. The second-order valence-corrected chi connectivity index (χ2v) is 10.4. The second-order valence-electron chi connectivity index (χ2n) is 9.45. The number of carbonyl (C=O) groups is 2. The number of amides is 2. The number of carbonyl (C=O) groups excluding carboxylic acids is 2. The van der Waals surface area contributed by atoms with E-state index in [0.29, 0.717) is 27.2 Å². The maximum absolute atomic E-state index is 14.7. The van der Waals surface area contributed by atoms with Crippen LogP contribution in [0.2, 0.25) is 0 Å². The number of alkyl halides is 7. The SMILES string of the molecule is CN1CCN(C(=O)C(F)(F)C(F)(F)C(=O)N2CCN(c3nc(=O)c4cc(C(F)(F)F)cc([N+](=O)[O-])c4s3)CC2)CC1. The van der Waals surface area contributed by atoms with Gasteiger partial charge in [0.1, 0.15) is 4.70 Å². The number of hydrogen-bond donors (Lipinski definition) is 0. The number of fused-ring (bicyclic) bond motifs is 1. The number of piperazine rings is 2. The van der Waals surface area contributed by atoms with Crippen molar-refractivity contribution in [2.24, 2.45) is 0 Å². The lowest BCUT2D eigenvalue weighted by molar-refractivity contribution is -0.383. The Hall–Kier alpha value is -3.61. The van der Waals surface area contributed by atoms with Crippen LogP contribution < -0.4 is 10.5 Å². The summed E-state index contributed by atoms with van der Waals surface area (Å²) in [7, 11) is 1.66. The summed E-state index contributed by atoms with van der Waals surface area (Å²) in [5.74, 6) is -15.1. The summed E-state index contributed by atoms with van der Waals surface area (Å²) in [6, 6.07) is 0.699. The molecule has 0 N–H and O–H groups in total. The highest BCUT2D eigenvalue weighted by molar-refractivity contribution is 7.22. The third-order valence-corrected chi connectivity index (χ3v) is 7.94. The van der Waals surface area contributed by atoms with Gasteiger partial charge in [0.15, 0.2) is 5.13 Å². The lowest BCUT2D eigenvalue weighted by atomic mass is 10.1. The average molecular weight is 614 g/mol. The molecule has 19 heteroatoms. The van der Waals surface area contributed by atoms with Crippen LogP contribution in [0.5, 0.6) is 0 Å². The van der Waals surface area contributed by atoms with E-state index in [1.54, 1.807) is 11.9 Å². The summed E-state index contributed by atoms with van der Waals surface area (Å²) in [6.45, 7) is -1.86. The highest BCUT2D eigenvalue weighted by atomic mass is 32.1. The molecule has 11 nitrogen and oxygen atoms in total. The smallest absolute Gasteiger partial charge is 0.344 e. The molecule has 2 saturated heterocycles. The Morgan fingerprint density at radius 2 is 1.37 bits per heavy atom. The third-order valence-electron chi connectivity index (χ3n) is 6.77. The fourth-order valence-corrected chi connectivity index (χ4v) is 5.47. The van der Waals surface area contributed by atoms with Crippen molar-refractivity contribution >= 4 is 44.1 Å². The molecule has 0 saturated carbocycles. The molecule has 0 unspecified atom stereocenters. The van der Waals surface area contributed by atoms with E-state index >= 15 is 0 Å². The quantitative estimate of drug-likeness (QED) is 0.286. The maximum Gasteiger partial charge on any atom is 0.416 e. The van der Waals surface area contributed by atoms with Crippen LogP contribution in [-0.4, -0.2) is 108 Å². The number of anilines is 1. The molecule has 2 fully saturated rings. The van der Waals surface area contributed by atoms with E-state index in [0.717, 1.165) is 0 Å². The van der Waals surface area contributed by atoms with Crippen molar-refractivity contribution in [3.8, 4) is 0 Å². The Bertz CT molecular complexity index is 1440. The first-order valence-electron chi connectivity index (χ1n) is 11.9. The zero-order valence-corrected chi connectivity index (χ0v) is 21.9. The molecule has 4 rings (SSSR count). The van der Waals surface area contributed by atoms with E-state index in [-0.39, 0.29) is 50.5 Å². The molecule has 1 aromatic carbocycles. The Balaban J connectivity index is 1.52. The molecule has 3 heterocycles. The fourth-order valence-electron chi connectivity index (χ4n) is 4.35.